The Morgan fingerprint density at radius 2 is 1.16 bits per heavy atom. The summed E-state index contributed by atoms with van der Waals surface area (Å²) in [5.41, 5.74) is 4.00. The Morgan fingerprint density at radius 1 is 0.627 bits per heavy atom. The van der Waals surface area contributed by atoms with Gasteiger partial charge < -0.3 is 24.8 Å². The first-order valence-corrected chi connectivity index (χ1v) is 16.4. The Hall–Kier alpha value is -6.43. The van der Waals surface area contributed by atoms with Crippen molar-refractivity contribution in [2.75, 3.05) is 30.5 Å². The number of ether oxygens (including phenoxy) is 3. The largest absolute Gasteiger partial charge is 0.462 e. The van der Waals surface area contributed by atoms with E-state index in [1.807, 2.05) is 104 Å². The molecule has 0 aromatic heterocycles. The molecule has 2 N–H and O–H groups in total. The number of benzene rings is 5. The molecular weight excluding hydrogens is 648 g/mol. The molecular formula is C39H36N6O6. The van der Waals surface area contributed by atoms with Gasteiger partial charge in [0.25, 0.3) is 0 Å². The van der Waals surface area contributed by atoms with Gasteiger partial charge in [-0.2, -0.15) is 5.11 Å². The van der Waals surface area contributed by atoms with Crippen LogP contribution < -0.4 is 10.6 Å². The second-order valence-electron chi connectivity index (χ2n) is 12.1. The smallest absolute Gasteiger partial charge is 0.333 e. The summed E-state index contributed by atoms with van der Waals surface area (Å²) in [5, 5.41) is 28.7. The van der Waals surface area contributed by atoms with Gasteiger partial charge in [0, 0.05) is 38.5 Å². The molecule has 0 fully saturated rings. The average Bonchev–Trinajstić information content (AvgIpc) is 3.14. The number of rotatable bonds is 13. The maximum Gasteiger partial charge on any atom is 0.333 e. The Bertz CT molecular complexity index is 2170. The molecule has 258 valence electrons. The number of anilines is 2. The summed E-state index contributed by atoms with van der Waals surface area (Å²) >= 11 is 0. The van der Waals surface area contributed by atoms with Gasteiger partial charge in [-0.3, -0.25) is 9.59 Å². The van der Waals surface area contributed by atoms with E-state index in [2.05, 4.69) is 37.7 Å². The summed E-state index contributed by atoms with van der Waals surface area (Å²) in [6.07, 6.45) is -0.319. The van der Waals surface area contributed by atoms with E-state index in [4.69, 9.17) is 14.2 Å². The third-order valence-corrected chi connectivity index (χ3v) is 7.99. The Morgan fingerprint density at radius 3 is 1.82 bits per heavy atom. The predicted molar refractivity (Wildman–Crippen MR) is 195 cm³/mol. The summed E-state index contributed by atoms with van der Waals surface area (Å²) in [6.45, 7) is 6.67. The van der Waals surface area contributed by atoms with Crippen LogP contribution in [0.5, 0.6) is 0 Å². The molecule has 6 rings (SSSR count). The Labute approximate surface area is 294 Å². The molecule has 12 nitrogen and oxygen atoms in total. The summed E-state index contributed by atoms with van der Waals surface area (Å²) in [4.78, 5) is 35.9. The van der Waals surface area contributed by atoms with Crippen molar-refractivity contribution < 1.29 is 28.6 Å². The highest BCUT2D eigenvalue weighted by Gasteiger charge is 2.32. The number of fused-ring (bicyclic) bond motifs is 1. The van der Waals surface area contributed by atoms with Crippen LogP contribution in [0.4, 0.5) is 34.1 Å². The minimum Gasteiger partial charge on any atom is -0.462 e. The van der Waals surface area contributed by atoms with E-state index < -0.39 is 23.6 Å². The Balaban J connectivity index is 1.10. The van der Waals surface area contributed by atoms with Crippen LogP contribution >= 0.6 is 0 Å². The van der Waals surface area contributed by atoms with E-state index in [9.17, 15) is 14.4 Å². The van der Waals surface area contributed by atoms with Crippen LogP contribution in [0, 0.1) is 0 Å². The molecule has 5 aromatic carbocycles. The van der Waals surface area contributed by atoms with E-state index in [1.165, 1.54) is 6.92 Å². The molecule has 0 saturated heterocycles. The molecule has 0 aliphatic carbocycles. The zero-order chi connectivity index (χ0) is 35.8. The number of azo groups is 2. The van der Waals surface area contributed by atoms with Gasteiger partial charge in [0.05, 0.1) is 35.6 Å². The highest BCUT2D eigenvalue weighted by molar-refractivity contribution is 6.10. The predicted octanol–water partition coefficient (Wildman–Crippen LogP) is 9.36. The molecule has 1 atom stereocenters. The molecule has 1 heterocycles. The normalized spacial score (nSPS) is 15.0. The van der Waals surface area contributed by atoms with E-state index in [0.29, 0.717) is 11.4 Å². The summed E-state index contributed by atoms with van der Waals surface area (Å²) in [7, 11) is 0. The zero-order valence-electron chi connectivity index (χ0n) is 28.2. The lowest BCUT2D eigenvalue weighted by Crippen LogP contribution is -2.49. The van der Waals surface area contributed by atoms with Crippen molar-refractivity contribution >= 4 is 73.6 Å². The molecule has 0 amide bonds. The molecule has 1 unspecified atom stereocenters. The average molecular weight is 685 g/mol. The highest BCUT2D eigenvalue weighted by Crippen LogP contribution is 2.43. The van der Waals surface area contributed by atoms with Crippen molar-refractivity contribution in [3.63, 3.8) is 0 Å². The van der Waals surface area contributed by atoms with Crippen molar-refractivity contribution in [2.45, 2.75) is 32.4 Å². The lowest BCUT2D eigenvalue weighted by molar-refractivity contribution is -0.153. The van der Waals surface area contributed by atoms with Gasteiger partial charge in [-0.15, -0.1) is 15.3 Å². The third-order valence-electron chi connectivity index (χ3n) is 7.99. The maximum absolute atomic E-state index is 12.5. The van der Waals surface area contributed by atoms with Gasteiger partial charge in [0.1, 0.15) is 25.5 Å². The van der Waals surface area contributed by atoms with Gasteiger partial charge in [0.2, 0.25) is 0 Å². The number of nitrogens with zero attached hydrogens (tertiary/aromatic N) is 4. The fraction of sp³-hybridized carbons (Fsp3) is 0.205. The van der Waals surface area contributed by atoms with Crippen LogP contribution in [0.1, 0.15) is 26.7 Å². The minimum atomic E-state index is -0.827. The van der Waals surface area contributed by atoms with Crippen molar-refractivity contribution in [1.82, 2.24) is 0 Å². The topological polar surface area (TPSA) is 152 Å². The number of nitrogens with one attached hydrogen (secondary N) is 2. The molecule has 1 aliphatic rings. The molecule has 51 heavy (non-hydrogen) atoms. The number of hydrogen-bond donors (Lipinski definition) is 2. The van der Waals surface area contributed by atoms with E-state index >= 15 is 0 Å². The van der Waals surface area contributed by atoms with Crippen LogP contribution in [0.2, 0.25) is 0 Å². The van der Waals surface area contributed by atoms with Crippen LogP contribution in [-0.2, 0) is 28.6 Å². The lowest BCUT2D eigenvalue weighted by Gasteiger charge is -2.38. The van der Waals surface area contributed by atoms with Crippen molar-refractivity contribution in [2.24, 2.45) is 20.5 Å². The SMILES string of the molecule is C=C(C)C(=O)OCCOC(=O)CCC(=O)OCC1(C)Nc2cccc3c(/N=N/c4ccc(/N=N/c5ccccc5)c5ccccc45)ccc(c23)N1. The maximum atomic E-state index is 12.5. The van der Waals surface area contributed by atoms with Crippen LogP contribution in [0.25, 0.3) is 21.5 Å². The second kappa shape index (κ2) is 15.4. The second-order valence-corrected chi connectivity index (χ2v) is 12.1. The lowest BCUT2D eigenvalue weighted by atomic mass is 9.99. The number of esters is 3. The molecule has 0 bridgehead atoms. The van der Waals surface area contributed by atoms with E-state index in [0.717, 1.165) is 44.3 Å². The monoisotopic (exact) mass is 684 g/mol. The van der Waals surface area contributed by atoms with Gasteiger partial charge in [-0.25, -0.2) is 4.79 Å². The molecule has 0 radical (unpaired) electrons. The summed E-state index contributed by atoms with van der Waals surface area (Å²) in [5.74, 6) is -1.71. The fourth-order valence-electron chi connectivity index (χ4n) is 5.53. The van der Waals surface area contributed by atoms with Crippen LogP contribution in [0.15, 0.2) is 130 Å². The van der Waals surface area contributed by atoms with Gasteiger partial charge in [-0.1, -0.05) is 61.2 Å². The van der Waals surface area contributed by atoms with Crippen LogP contribution in [-0.4, -0.2) is 43.4 Å². The van der Waals surface area contributed by atoms with Crippen molar-refractivity contribution in [1.29, 1.82) is 0 Å². The highest BCUT2D eigenvalue weighted by atomic mass is 16.6. The first kappa shape index (κ1) is 34.4. The first-order valence-electron chi connectivity index (χ1n) is 16.4. The van der Waals surface area contributed by atoms with Crippen molar-refractivity contribution in [3.8, 4) is 0 Å². The van der Waals surface area contributed by atoms with Crippen LogP contribution in [0.3, 0.4) is 0 Å². The quantitative estimate of drug-likeness (QED) is 0.0409. The number of hydrogen-bond acceptors (Lipinski definition) is 12. The number of carbonyl (C=O) groups is 3. The molecule has 0 saturated carbocycles. The zero-order valence-corrected chi connectivity index (χ0v) is 28.2. The minimum absolute atomic E-state index is 0.0109. The number of carbonyl (C=O) groups excluding carboxylic acids is 3. The molecule has 5 aromatic rings. The molecule has 1 aliphatic heterocycles. The molecule has 12 heteroatoms. The fourth-order valence-corrected chi connectivity index (χ4v) is 5.53. The summed E-state index contributed by atoms with van der Waals surface area (Å²) in [6, 6.07) is 30.9. The van der Waals surface area contributed by atoms with Crippen molar-refractivity contribution in [3.05, 3.63) is 109 Å². The Kier molecular flexibility index (Phi) is 10.4. The third kappa shape index (κ3) is 8.42. The van der Waals surface area contributed by atoms with Gasteiger partial charge in [0.15, 0.2) is 0 Å². The van der Waals surface area contributed by atoms with Gasteiger partial charge >= 0.3 is 17.9 Å². The van der Waals surface area contributed by atoms with E-state index in [-0.39, 0.29) is 38.2 Å². The molecule has 0 spiro atoms. The van der Waals surface area contributed by atoms with Gasteiger partial charge in [-0.05, 0) is 56.3 Å². The standard InChI is InChI=1S/C39H36N6O6/c1-25(2)38(48)50-23-22-49-35(46)20-21-36(47)51-24-39(3)40-33-15-9-14-29-32(18-19-34(41-39)37(29)33)45-44-31-17-16-30(27-12-7-8-13-28(27)31)43-42-26-10-5-4-6-11-26/h4-19,40-41H,1,20-24H2,2-3H3/b43-42+,45-44+. The van der Waals surface area contributed by atoms with E-state index in [1.54, 1.807) is 0 Å². The summed E-state index contributed by atoms with van der Waals surface area (Å²) < 4.78 is 15.4. The first-order chi connectivity index (χ1) is 24.7.